The molecule has 1 aromatic carbocycles. The van der Waals surface area contributed by atoms with E-state index in [1.54, 1.807) is 13.8 Å². The third-order valence-electron chi connectivity index (χ3n) is 12.7. The summed E-state index contributed by atoms with van der Waals surface area (Å²) in [6.45, 7) is 12.7. The van der Waals surface area contributed by atoms with Crippen LogP contribution >= 0.6 is 0 Å². The Morgan fingerprint density at radius 2 is 1.34 bits per heavy atom. The van der Waals surface area contributed by atoms with Gasteiger partial charge in [0.25, 0.3) is 0 Å². The summed E-state index contributed by atoms with van der Waals surface area (Å²) in [4.78, 5) is 48.5. The third-order valence-corrected chi connectivity index (χ3v) is 12.7. The van der Waals surface area contributed by atoms with Gasteiger partial charge in [-0.15, -0.1) is 0 Å². The Morgan fingerprint density at radius 3 is 1.84 bits per heavy atom. The zero-order valence-electron chi connectivity index (χ0n) is 33.3. The molecule has 0 bridgehead atoms. The van der Waals surface area contributed by atoms with E-state index in [9.17, 15) is 24.3 Å². The minimum atomic E-state index is -1.07. The summed E-state index contributed by atoms with van der Waals surface area (Å²) in [6.07, 6.45) is 11.6. The molecule has 6 aliphatic rings. The summed E-state index contributed by atoms with van der Waals surface area (Å²) in [7, 11) is 0. The van der Waals surface area contributed by atoms with Gasteiger partial charge in [0.15, 0.2) is 0 Å². The van der Waals surface area contributed by atoms with E-state index < -0.39 is 11.5 Å². The minimum absolute atomic E-state index is 0. The summed E-state index contributed by atoms with van der Waals surface area (Å²) in [5.74, 6) is -2.13. The topological polar surface area (TPSA) is 165 Å². The molecule has 0 amide bonds. The molecule has 1 aromatic rings. The van der Waals surface area contributed by atoms with Crippen LogP contribution in [0.3, 0.4) is 0 Å². The lowest BCUT2D eigenvalue weighted by Gasteiger charge is -2.26. The van der Waals surface area contributed by atoms with Crippen molar-refractivity contribution < 1.29 is 48.0 Å². The molecule has 4 fully saturated rings. The number of fused-ring (bicyclic) bond motifs is 6. The average Bonchev–Trinajstić information content (AvgIpc) is 3.93. The first kappa shape index (κ1) is 43.5. The second-order valence-electron chi connectivity index (χ2n) is 17.4. The summed E-state index contributed by atoms with van der Waals surface area (Å²) in [5, 5.41) is 15.4. The van der Waals surface area contributed by atoms with Crippen molar-refractivity contribution in [3.05, 3.63) is 59.2 Å². The van der Waals surface area contributed by atoms with Gasteiger partial charge in [-0.25, -0.2) is 0 Å². The fourth-order valence-corrected chi connectivity index (χ4v) is 8.70. The Morgan fingerprint density at radius 1 is 0.839 bits per heavy atom. The van der Waals surface area contributed by atoms with Crippen molar-refractivity contribution in [2.45, 2.75) is 148 Å². The van der Waals surface area contributed by atoms with Crippen LogP contribution in [0.5, 0.6) is 0 Å². The molecule has 0 unspecified atom stereocenters. The van der Waals surface area contributed by atoms with E-state index in [-0.39, 0.29) is 97.8 Å². The van der Waals surface area contributed by atoms with Gasteiger partial charge < -0.3 is 39.4 Å². The number of rotatable bonds is 10. The number of allylic oxidation sites excluding steroid dienone is 4. The SMILES string of the molecule is C.C/C1=C\CC[C@@]2(C)O[C@H]2[C@H]2OC(=O)[C@@H](CNC(C)(C)C(=O)O)[C@@H]2CC1.C/C1=C\CC[C@@]2(C)O[C@H]2[C@H]2OC(=O)[C@@H](CNCC(=O)OCc3ccccc3)[C@@H]2CC1. The number of benzene rings is 1. The molecule has 10 atom stereocenters. The molecule has 12 nitrogen and oxygen atoms in total. The van der Waals surface area contributed by atoms with Crippen LogP contribution in [0.15, 0.2) is 53.6 Å². The van der Waals surface area contributed by atoms with Crippen molar-refractivity contribution in [1.29, 1.82) is 0 Å². The largest absolute Gasteiger partial charge is 0.480 e. The lowest BCUT2D eigenvalue weighted by molar-refractivity contribution is -0.146. The van der Waals surface area contributed by atoms with E-state index in [4.69, 9.17) is 23.7 Å². The zero-order chi connectivity index (χ0) is 39.5. The van der Waals surface area contributed by atoms with Gasteiger partial charge in [0.1, 0.15) is 36.6 Å². The predicted molar refractivity (Wildman–Crippen MR) is 210 cm³/mol. The molecule has 2 aliphatic carbocycles. The standard InChI is InChI=1S/C24H31NO5.C19H29NO5.CH4/c1-16-7-6-12-24(2)22(30-24)21-18(11-10-16)19(23(27)29-21)13-25-14-20(26)28-15-17-8-4-3-5-9-17;1-11-6-5-9-19(4)15(25-19)14-12(8-7-11)13(16(21)24-14)10-20-18(2,3)17(22)23;/h3-5,7-9,18-19,21-22,25H,6,10-15H2,1-2H3;6,12-15,20H,5,7-10H2,1-4H3,(H,22,23);1H4/b16-7+;11-6+;/t18-,19-,21-,22-,24+;12-,13-,14-,15-,19+;/m00./s1. The number of aliphatic carboxylic acids is 1. The zero-order valence-corrected chi connectivity index (χ0v) is 33.3. The first-order valence-electron chi connectivity index (χ1n) is 20.1. The van der Waals surface area contributed by atoms with Gasteiger partial charge >= 0.3 is 23.9 Å². The molecular formula is C44H64N2O10. The Balaban J connectivity index is 0.000000214. The number of esters is 3. The summed E-state index contributed by atoms with van der Waals surface area (Å²) < 4.78 is 28.7. The van der Waals surface area contributed by atoms with Gasteiger partial charge in [0.2, 0.25) is 0 Å². The number of carbonyl (C=O) groups is 4. The monoisotopic (exact) mass is 780 g/mol. The molecule has 0 aromatic heterocycles. The second-order valence-corrected chi connectivity index (χ2v) is 17.4. The Kier molecular flexibility index (Phi) is 13.9. The lowest BCUT2D eigenvalue weighted by atomic mass is 9.80. The summed E-state index contributed by atoms with van der Waals surface area (Å²) in [5.41, 5.74) is 2.16. The van der Waals surface area contributed by atoms with Gasteiger partial charge in [-0.3, -0.25) is 19.2 Å². The van der Waals surface area contributed by atoms with Gasteiger partial charge in [0.05, 0.1) is 29.6 Å². The van der Waals surface area contributed by atoms with Crippen LogP contribution in [-0.4, -0.2) is 89.8 Å². The number of hydrogen-bond acceptors (Lipinski definition) is 11. The highest BCUT2D eigenvalue weighted by Gasteiger charge is 2.64. The van der Waals surface area contributed by atoms with E-state index >= 15 is 0 Å². The van der Waals surface area contributed by atoms with Crippen LogP contribution in [-0.2, 0) is 49.5 Å². The van der Waals surface area contributed by atoms with Crippen molar-refractivity contribution in [2.75, 3.05) is 19.6 Å². The van der Waals surface area contributed by atoms with Crippen molar-refractivity contribution in [2.24, 2.45) is 23.7 Å². The highest BCUT2D eigenvalue weighted by Crippen LogP contribution is 2.51. The highest BCUT2D eigenvalue weighted by molar-refractivity contribution is 5.79. The predicted octanol–water partition coefficient (Wildman–Crippen LogP) is 6.07. The summed E-state index contributed by atoms with van der Waals surface area (Å²) >= 11 is 0. The molecule has 0 saturated carbocycles. The van der Waals surface area contributed by atoms with Crippen LogP contribution in [0.25, 0.3) is 0 Å². The van der Waals surface area contributed by atoms with Crippen LogP contribution in [0, 0.1) is 23.7 Å². The molecule has 310 valence electrons. The number of epoxide rings is 2. The van der Waals surface area contributed by atoms with Crippen LogP contribution in [0.2, 0.25) is 0 Å². The molecule has 0 spiro atoms. The first-order valence-corrected chi connectivity index (χ1v) is 20.1. The third kappa shape index (κ3) is 10.3. The van der Waals surface area contributed by atoms with Gasteiger partial charge in [0, 0.05) is 24.9 Å². The maximum atomic E-state index is 12.6. The van der Waals surface area contributed by atoms with E-state index in [2.05, 4.69) is 50.5 Å². The number of carboxylic acids is 1. The fourth-order valence-electron chi connectivity index (χ4n) is 8.70. The molecule has 4 saturated heterocycles. The number of hydrogen-bond donors (Lipinski definition) is 3. The number of nitrogens with one attached hydrogen (secondary N) is 2. The number of carboxylic acid groups (broad SMARTS) is 1. The van der Waals surface area contributed by atoms with Gasteiger partial charge in [-0.1, -0.05) is 61.1 Å². The molecule has 7 rings (SSSR count). The van der Waals surface area contributed by atoms with E-state index in [1.165, 1.54) is 11.1 Å². The van der Waals surface area contributed by atoms with Crippen LogP contribution in [0.1, 0.15) is 106 Å². The van der Waals surface area contributed by atoms with E-state index in [0.717, 1.165) is 56.9 Å². The molecule has 12 heteroatoms. The average molecular weight is 781 g/mol. The Labute approximate surface area is 332 Å². The molecular weight excluding hydrogens is 716 g/mol. The van der Waals surface area contributed by atoms with Crippen LogP contribution < -0.4 is 10.6 Å². The summed E-state index contributed by atoms with van der Waals surface area (Å²) in [6, 6.07) is 9.58. The van der Waals surface area contributed by atoms with Crippen molar-refractivity contribution in [3.8, 4) is 0 Å². The van der Waals surface area contributed by atoms with Crippen LogP contribution in [0.4, 0.5) is 0 Å². The second kappa shape index (κ2) is 17.9. The van der Waals surface area contributed by atoms with Gasteiger partial charge in [-0.2, -0.15) is 0 Å². The molecule has 56 heavy (non-hydrogen) atoms. The highest BCUT2D eigenvalue weighted by atomic mass is 16.7. The maximum absolute atomic E-state index is 12.6. The number of carbonyl (C=O) groups excluding carboxylic acids is 3. The molecule has 3 N–H and O–H groups in total. The molecule has 0 radical (unpaired) electrons. The normalized spacial score (nSPS) is 36.6. The van der Waals surface area contributed by atoms with Crippen molar-refractivity contribution >= 4 is 23.9 Å². The fraction of sp³-hybridized carbons (Fsp3) is 0.682. The number of ether oxygens (including phenoxy) is 5. The lowest BCUT2D eigenvalue weighted by Crippen LogP contribution is -2.49. The quantitative estimate of drug-likeness (QED) is 0.109. The minimum Gasteiger partial charge on any atom is -0.480 e. The van der Waals surface area contributed by atoms with E-state index in [1.807, 2.05) is 30.3 Å². The van der Waals surface area contributed by atoms with Gasteiger partial charge in [-0.05, 0) is 98.5 Å². The molecule has 4 heterocycles. The first-order chi connectivity index (χ1) is 26.1. The smallest absolute Gasteiger partial charge is 0.323 e. The Hall–Kier alpha value is -3.58. The van der Waals surface area contributed by atoms with Crippen molar-refractivity contribution in [3.63, 3.8) is 0 Å². The van der Waals surface area contributed by atoms with E-state index in [0.29, 0.717) is 13.1 Å². The Bertz CT molecular complexity index is 1640. The van der Waals surface area contributed by atoms with Crippen molar-refractivity contribution in [1.82, 2.24) is 10.6 Å². The molecule has 4 aliphatic heterocycles. The maximum Gasteiger partial charge on any atom is 0.323 e.